The van der Waals surface area contributed by atoms with Crippen molar-refractivity contribution in [2.45, 2.75) is 20.0 Å². The molecule has 0 aromatic heterocycles. The topological polar surface area (TPSA) is 90.4 Å². The van der Waals surface area contributed by atoms with E-state index in [0.29, 0.717) is 30.1 Å². The van der Waals surface area contributed by atoms with Crippen molar-refractivity contribution in [1.82, 2.24) is 0 Å². The zero-order chi connectivity index (χ0) is 12.8. The molecule has 94 valence electrons. The molecule has 1 rings (SSSR count). The van der Waals surface area contributed by atoms with Crippen LogP contribution in [0, 0.1) is 0 Å². The molecule has 0 aliphatic carbocycles. The van der Waals surface area contributed by atoms with E-state index >= 15 is 0 Å². The molecular weight excluding hydrogens is 218 g/mol. The second kappa shape index (κ2) is 6.10. The summed E-state index contributed by atoms with van der Waals surface area (Å²) in [5, 5.41) is 3.14. The number of hydrogen-bond donors (Lipinski definition) is 3. The number of carbonyl (C=O) groups excluding carboxylic acids is 1. The molecule has 0 aliphatic heterocycles. The number of ether oxygens (including phenoxy) is 1. The molecule has 0 fully saturated rings. The largest absolute Gasteiger partial charge is 0.396 e. The lowest BCUT2D eigenvalue weighted by atomic mass is 10.1. The zero-order valence-corrected chi connectivity index (χ0v) is 10.2. The normalized spacial score (nSPS) is 12.1. The lowest BCUT2D eigenvalue weighted by Crippen LogP contribution is -2.21. The van der Waals surface area contributed by atoms with Crippen molar-refractivity contribution >= 4 is 17.3 Å². The van der Waals surface area contributed by atoms with Crippen LogP contribution in [0.4, 0.5) is 11.4 Å². The average Bonchev–Trinajstić information content (AvgIpc) is 2.27. The van der Waals surface area contributed by atoms with Gasteiger partial charge in [-0.1, -0.05) is 6.07 Å². The molecule has 5 nitrogen and oxygen atoms in total. The van der Waals surface area contributed by atoms with Gasteiger partial charge in [-0.25, -0.2) is 0 Å². The molecule has 0 aliphatic rings. The Labute approximate surface area is 101 Å². The fourth-order valence-corrected chi connectivity index (χ4v) is 1.53. The molecule has 0 radical (unpaired) electrons. The van der Waals surface area contributed by atoms with E-state index in [1.54, 1.807) is 18.2 Å². The van der Waals surface area contributed by atoms with Crippen LogP contribution in [0.15, 0.2) is 18.2 Å². The maximum absolute atomic E-state index is 11.1. The van der Waals surface area contributed by atoms with Gasteiger partial charge in [-0.05, 0) is 26.0 Å². The number of nitrogens with two attached hydrogens (primary N) is 2. The standard InChI is InChI=1S/C12H19N3O2/c1-3-17-8(2)7-15-10-6-4-5-9(11(10)13)12(14)16/h4-6,8,15H,3,7,13H2,1-2H3,(H2,14,16). The minimum absolute atomic E-state index is 0.0802. The highest BCUT2D eigenvalue weighted by Gasteiger charge is 2.09. The summed E-state index contributed by atoms with van der Waals surface area (Å²) in [6, 6.07) is 5.15. The summed E-state index contributed by atoms with van der Waals surface area (Å²) in [4.78, 5) is 11.1. The monoisotopic (exact) mass is 237 g/mol. The smallest absolute Gasteiger partial charge is 0.250 e. The Morgan fingerprint density at radius 2 is 2.24 bits per heavy atom. The third-order valence-corrected chi connectivity index (χ3v) is 2.40. The summed E-state index contributed by atoms with van der Waals surface area (Å²) in [5.41, 5.74) is 12.5. The van der Waals surface area contributed by atoms with Crippen LogP contribution in [0.3, 0.4) is 0 Å². The number of carbonyl (C=O) groups is 1. The van der Waals surface area contributed by atoms with Crippen LogP contribution in [-0.2, 0) is 4.74 Å². The first-order valence-corrected chi connectivity index (χ1v) is 5.60. The number of anilines is 2. The molecular formula is C12H19N3O2. The third kappa shape index (κ3) is 3.64. The molecule has 1 amide bonds. The van der Waals surface area contributed by atoms with Gasteiger partial charge >= 0.3 is 0 Å². The van der Waals surface area contributed by atoms with Gasteiger partial charge in [0.2, 0.25) is 0 Å². The number of amides is 1. The Hall–Kier alpha value is -1.75. The summed E-state index contributed by atoms with van der Waals surface area (Å²) in [7, 11) is 0. The predicted molar refractivity (Wildman–Crippen MR) is 69.0 cm³/mol. The number of para-hydroxylation sites is 1. The molecule has 0 heterocycles. The molecule has 1 aromatic carbocycles. The van der Waals surface area contributed by atoms with Gasteiger partial charge < -0.3 is 21.5 Å². The molecule has 1 unspecified atom stereocenters. The number of rotatable bonds is 6. The predicted octanol–water partition coefficient (Wildman–Crippen LogP) is 1.20. The first-order chi connectivity index (χ1) is 8.06. The van der Waals surface area contributed by atoms with Crippen molar-refractivity contribution in [3.8, 4) is 0 Å². The number of nitrogens with one attached hydrogen (secondary N) is 1. The van der Waals surface area contributed by atoms with Gasteiger partial charge in [0.15, 0.2) is 0 Å². The first kappa shape index (κ1) is 13.3. The first-order valence-electron chi connectivity index (χ1n) is 5.60. The zero-order valence-electron chi connectivity index (χ0n) is 10.2. The lowest BCUT2D eigenvalue weighted by molar-refractivity contribution is 0.0855. The summed E-state index contributed by atoms with van der Waals surface area (Å²) < 4.78 is 5.39. The van der Waals surface area contributed by atoms with E-state index < -0.39 is 5.91 Å². The average molecular weight is 237 g/mol. The van der Waals surface area contributed by atoms with Crippen molar-refractivity contribution in [2.75, 3.05) is 24.2 Å². The molecule has 17 heavy (non-hydrogen) atoms. The molecule has 5 heteroatoms. The number of benzene rings is 1. The summed E-state index contributed by atoms with van der Waals surface area (Å²) in [6.07, 6.45) is 0.0802. The van der Waals surface area contributed by atoms with E-state index in [-0.39, 0.29) is 6.10 Å². The maximum Gasteiger partial charge on any atom is 0.250 e. The van der Waals surface area contributed by atoms with Crippen molar-refractivity contribution in [2.24, 2.45) is 5.73 Å². The van der Waals surface area contributed by atoms with Crippen LogP contribution in [0.25, 0.3) is 0 Å². The van der Waals surface area contributed by atoms with Gasteiger partial charge in [-0.3, -0.25) is 4.79 Å². The molecule has 5 N–H and O–H groups in total. The van der Waals surface area contributed by atoms with Crippen molar-refractivity contribution in [3.63, 3.8) is 0 Å². The Morgan fingerprint density at radius 1 is 1.53 bits per heavy atom. The van der Waals surface area contributed by atoms with Crippen molar-refractivity contribution < 1.29 is 9.53 Å². The molecule has 0 spiro atoms. The van der Waals surface area contributed by atoms with Gasteiger partial charge in [0.1, 0.15) is 0 Å². The van der Waals surface area contributed by atoms with E-state index in [2.05, 4.69) is 5.32 Å². The van der Waals surface area contributed by atoms with Gasteiger partial charge in [0, 0.05) is 13.2 Å². The second-order valence-electron chi connectivity index (χ2n) is 3.78. The summed E-state index contributed by atoms with van der Waals surface area (Å²) in [5.74, 6) is -0.524. The Kier molecular flexibility index (Phi) is 4.78. The second-order valence-corrected chi connectivity index (χ2v) is 3.78. The Bertz CT molecular complexity index is 393. The van der Waals surface area contributed by atoms with Crippen LogP contribution >= 0.6 is 0 Å². The summed E-state index contributed by atoms with van der Waals surface area (Å²) in [6.45, 7) is 5.20. The fourth-order valence-electron chi connectivity index (χ4n) is 1.53. The Balaban J connectivity index is 2.72. The fraction of sp³-hybridized carbons (Fsp3) is 0.417. The SMILES string of the molecule is CCOC(C)CNc1cccc(C(N)=O)c1N. The molecule has 0 saturated carbocycles. The number of primary amides is 1. The molecule has 0 saturated heterocycles. The van der Waals surface area contributed by atoms with E-state index in [4.69, 9.17) is 16.2 Å². The van der Waals surface area contributed by atoms with Crippen LogP contribution in [0.1, 0.15) is 24.2 Å². The van der Waals surface area contributed by atoms with Gasteiger partial charge in [0.05, 0.1) is 23.0 Å². The van der Waals surface area contributed by atoms with E-state index in [9.17, 15) is 4.79 Å². The van der Waals surface area contributed by atoms with Crippen LogP contribution in [0.5, 0.6) is 0 Å². The maximum atomic E-state index is 11.1. The number of nitrogen functional groups attached to an aromatic ring is 1. The third-order valence-electron chi connectivity index (χ3n) is 2.40. The van der Waals surface area contributed by atoms with Crippen LogP contribution < -0.4 is 16.8 Å². The molecule has 1 aromatic rings. The molecule has 1 atom stereocenters. The van der Waals surface area contributed by atoms with Gasteiger partial charge in [0.25, 0.3) is 5.91 Å². The minimum Gasteiger partial charge on any atom is -0.396 e. The van der Waals surface area contributed by atoms with Gasteiger partial charge in [-0.15, -0.1) is 0 Å². The van der Waals surface area contributed by atoms with E-state index in [1.165, 1.54) is 0 Å². The van der Waals surface area contributed by atoms with Crippen LogP contribution in [0.2, 0.25) is 0 Å². The highest BCUT2D eigenvalue weighted by Crippen LogP contribution is 2.22. The highest BCUT2D eigenvalue weighted by atomic mass is 16.5. The van der Waals surface area contributed by atoms with Gasteiger partial charge in [-0.2, -0.15) is 0 Å². The highest BCUT2D eigenvalue weighted by molar-refractivity contribution is 6.00. The van der Waals surface area contributed by atoms with Crippen LogP contribution in [-0.4, -0.2) is 25.2 Å². The Morgan fingerprint density at radius 3 is 2.82 bits per heavy atom. The van der Waals surface area contributed by atoms with Crippen molar-refractivity contribution in [3.05, 3.63) is 23.8 Å². The number of hydrogen-bond acceptors (Lipinski definition) is 4. The van der Waals surface area contributed by atoms with E-state index in [1.807, 2.05) is 13.8 Å². The van der Waals surface area contributed by atoms with E-state index in [0.717, 1.165) is 0 Å². The molecule has 0 bridgehead atoms. The lowest BCUT2D eigenvalue weighted by Gasteiger charge is -2.15. The van der Waals surface area contributed by atoms with Crippen molar-refractivity contribution in [1.29, 1.82) is 0 Å². The minimum atomic E-state index is -0.524. The quantitative estimate of drug-likeness (QED) is 0.648. The summed E-state index contributed by atoms with van der Waals surface area (Å²) >= 11 is 0.